The average Bonchev–Trinajstić information content (AvgIpc) is 3.08. The van der Waals surface area contributed by atoms with Crippen molar-refractivity contribution in [2.75, 3.05) is 6.54 Å². The Labute approximate surface area is 137 Å². The molecule has 1 atom stereocenters. The van der Waals surface area contributed by atoms with Crippen molar-refractivity contribution in [3.05, 3.63) is 59.8 Å². The first-order valence-corrected chi connectivity index (χ1v) is 7.56. The molecule has 0 saturated carbocycles. The number of pyridine rings is 1. The highest BCUT2D eigenvalue weighted by Gasteiger charge is 2.38. The van der Waals surface area contributed by atoms with E-state index < -0.39 is 12.0 Å². The fraction of sp³-hybridized carbons (Fsp3) is 0.176. The van der Waals surface area contributed by atoms with Crippen LogP contribution in [0.2, 0.25) is 0 Å². The number of carbonyl (C=O) groups excluding carboxylic acids is 1. The van der Waals surface area contributed by atoms with E-state index in [1.54, 1.807) is 12.3 Å². The number of para-hydroxylation sites is 1. The molecule has 2 aromatic heterocycles. The molecule has 1 amide bonds. The lowest BCUT2D eigenvalue weighted by molar-refractivity contribution is -0.143. The Kier molecular flexibility index (Phi) is 3.26. The topological polar surface area (TPSA) is 99.2 Å². The van der Waals surface area contributed by atoms with E-state index in [-0.39, 0.29) is 5.91 Å². The molecule has 1 aliphatic heterocycles. The molecule has 2 N–H and O–H groups in total. The average molecular weight is 322 g/mol. The van der Waals surface area contributed by atoms with Gasteiger partial charge < -0.3 is 15.0 Å². The fourth-order valence-corrected chi connectivity index (χ4v) is 3.18. The van der Waals surface area contributed by atoms with Crippen molar-refractivity contribution in [2.45, 2.75) is 12.5 Å². The molecule has 1 aromatic carbocycles. The minimum Gasteiger partial charge on any atom is -0.479 e. The van der Waals surface area contributed by atoms with Gasteiger partial charge in [0.1, 0.15) is 0 Å². The van der Waals surface area contributed by atoms with Crippen molar-refractivity contribution in [2.24, 2.45) is 0 Å². The summed E-state index contributed by atoms with van der Waals surface area (Å²) in [5.74, 6) is -1.41. The molecule has 7 nitrogen and oxygen atoms in total. The first-order valence-electron chi connectivity index (χ1n) is 7.56. The van der Waals surface area contributed by atoms with Crippen LogP contribution < -0.4 is 0 Å². The number of benzene rings is 1. The lowest BCUT2D eigenvalue weighted by Crippen LogP contribution is -2.43. The molecule has 0 aliphatic carbocycles. The highest BCUT2D eigenvalue weighted by atomic mass is 16.4. The van der Waals surface area contributed by atoms with Gasteiger partial charge in [0.25, 0.3) is 5.91 Å². The zero-order chi connectivity index (χ0) is 16.7. The van der Waals surface area contributed by atoms with Crippen molar-refractivity contribution in [3.8, 4) is 0 Å². The number of rotatable bonds is 2. The van der Waals surface area contributed by atoms with Crippen molar-refractivity contribution >= 4 is 22.8 Å². The van der Waals surface area contributed by atoms with E-state index in [0.717, 1.165) is 5.69 Å². The first kappa shape index (κ1) is 14.4. The van der Waals surface area contributed by atoms with Gasteiger partial charge in [0.15, 0.2) is 6.04 Å². The Bertz CT molecular complexity index is 944. The van der Waals surface area contributed by atoms with Crippen LogP contribution in [0.5, 0.6) is 0 Å². The molecule has 3 heterocycles. The number of imidazole rings is 1. The third-order valence-corrected chi connectivity index (χ3v) is 4.30. The highest BCUT2D eigenvalue weighted by Crippen LogP contribution is 2.30. The molecule has 1 aliphatic rings. The number of aromatic nitrogens is 3. The molecule has 24 heavy (non-hydrogen) atoms. The van der Waals surface area contributed by atoms with Gasteiger partial charge in [-0.15, -0.1) is 0 Å². The van der Waals surface area contributed by atoms with Crippen LogP contribution >= 0.6 is 0 Å². The van der Waals surface area contributed by atoms with Crippen LogP contribution in [-0.4, -0.2) is 43.4 Å². The molecule has 0 bridgehead atoms. The monoisotopic (exact) mass is 322 g/mol. The van der Waals surface area contributed by atoms with E-state index in [9.17, 15) is 14.7 Å². The van der Waals surface area contributed by atoms with Crippen LogP contribution in [0.25, 0.3) is 10.9 Å². The van der Waals surface area contributed by atoms with Crippen LogP contribution in [0.15, 0.2) is 42.9 Å². The molecular weight excluding hydrogens is 308 g/mol. The van der Waals surface area contributed by atoms with Gasteiger partial charge in [0, 0.05) is 30.2 Å². The second-order valence-electron chi connectivity index (χ2n) is 5.63. The quantitative estimate of drug-likeness (QED) is 0.749. The van der Waals surface area contributed by atoms with Crippen LogP contribution in [0.4, 0.5) is 0 Å². The van der Waals surface area contributed by atoms with Crippen LogP contribution in [0, 0.1) is 0 Å². The van der Waals surface area contributed by atoms with Crippen LogP contribution in [0.3, 0.4) is 0 Å². The van der Waals surface area contributed by atoms with E-state index in [1.165, 1.54) is 11.2 Å². The fourth-order valence-electron chi connectivity index (χ4n) is 3.18. The molecule has 4 rings (SSSR count). The van der Waals surface area contributed by atoms with E-state index in [2.05, 4.69) is 15.0 Å². The molecule has 120 valence electrons. The Morgan fingerprint density at radius 1 is 1.21 bits per heavy atom. The molecule has 0 spiro atoms. The molecule has 1 unspecified atom stereocenters. The summed E-state index contributed by atoms with van der Waals surface area (Å²) in [7, 11) is 0. The smallest absolute Gasteiger partial charge is 0.332 e. The van der Waals surface area contributed by atoms with E-state index >= 15 is 0 Å². The second kappa shape index (κ2) is 5.45. The van der Waals surface area contributed by atoms with Crippen LogP contribution in [0.1, 0.15) is 27.8 Å². The summed E-state index contributed by atoms with van der Waals surface area (Å²) in [6, 6.07) is 7.86. The lowest BCUT2D eigenvalue weighted by atomic mass is 10.0. The van der Waals surface area contributed by atoms with Gasteiger partial charge in [0.2, 0.25) is 0 Å². The molecule has 0 saturated heterocycles. The van der Waals surface area contributed by atoms with Gasteiger partial charge in [-0.1, -0.05) is 18.2 Å². The number of carboxylic acid groups (broad SMARTS) is 1. The maximum absolute atomic E-state index is 13.1. The van der Waals surface area contributed by atoms with Gasteiger partial charge in [-0.05, 0) is 12.1 Å². The number of hydrogen-bond acceptors (Lipinski definition) is 4. The number of nitrogens with zero attached hydrogens (tertiary/aromatic N) is 3. The summed E-state index contributed by atoms with van der Waals surface area (Å²) in [5, 5.41) is 10.3. The number of aliphatic carboxylic acids is 1. The summed E-state index contributed by atoms with van der Waals surface area (Å²) < 4.78 is 0. The summed E-state index contributed by atoms with van der Waals surface area (Å²) in [4.78, 5) is 37.5. The molecule has 3 aromatic rings. The number of carbonyl (C=O) groups is 2. The Hall–Kier alpha value is -3.22. The maximum atomic E-state index is 13.1. The van der Waals surface area contributed by atoms with Crippen molar-refractivity contribution < 1.29 is 14.7 Å². The summed E-state index contributed by atoms with van der Waals surface area (Å²) in [6.07, 6.45) is 3.58. The van der Waals surface area contributed by atoms with Gasteiger partial charge in [-0.3, -0.25) is 9.78 Å². The zero-order valence-corrected chi connectivity index (χ0v) is 12.6. The molecule has 7 heteroatoms. The van der Waals surface area contributed by atoms with Crippen LogP contribution in [-0.2, 0) is 11.2 Å². The Balaban J connectivity index is 1.80. The Morgan fingerprint density at radius 3 is 2.88 bits per heavy atom. The predicted octanol–water partition coefficient (Wildman–Crippen LogP) is 1.78. The van der Waals surface area contributed by atoms with Gasteiger partial charge in [0.05, 0.1) is 23.1 Å². The number of hydrogen-bond donors (Lipinski definition) is 2. The number of aromatic amines is 1. The van der Waals surface area contributed by atoms with Gasteiger partial charge in [-0.25, -0.2) is 9.78 Å². The summed E-state index contributed by atoms with van der Waals surface area (Å²) in [5.41, 5.74) is 2.32. The third kappa shape index (κ3) is 2.13. The zero-order valence-electron chi connectivity index (χ0n) is 12.6. The number of H-pyrrole nitrogens is 1. The van der Waals surface area contributed by atoms with Crippen molar-refractivity contribution in [3.63, 3.8) is 0 Å². The normalized spacial score (nSPS) is 16.8. The van der Waals surface area contributed by atoms with Gasteiger partial charge in [-0.2, -0.15) is 0 Å². The number of carboxylic acids is 1. The maximum Gasteiger partial charge on any atom is 0.332 e. The standard InChI is InChI=1S/C17H14N4O3/c22-16(11-5-7-18-12-4-2-1-3-10(11)12)21-8-6-13-14(20-9-19-13)15(21)17(23)24/h1-5,7,9,15H,6,8H2,(H,19,20)(H,23,24). The number of amides is 1. The SMILES string of the molecule is O=C(O)C1c2nc[nH]c2CCN1C(=O)c1ccnc2ccccc12. The minimum atomic E-state index is -1.09. The number of nitrogens with one attached hydrogen (secondary N) is 1. The predicted molar refractivity (Wildman–Crippen MR) is 85.4 cm³/mol. The van der Waals surface area contributed by atoms with Crippen molar-refractivity contribution in [1.82, 2.24) is 19.9 Å². The third-order valence-electron chi connectivity index (χ3n) is 4.30. The van der Waals surface area contributed by atoms with E-state index in [4.69, 9.17) is 0 Å². The highest BCUT2D eigenvalue weighted by molar-refractivity contribution is 6.07. The van der Waals surface area contributed by atoms with Gasteiger partial charge >= 0.3 is 5.97 Å². The van der Waals surface area contributed by atoms with Crippen molar-refractivity contribution in [1.29, 1.82) is 0 Å². The molecule has 0 fully saturated rings. The minimum absolute atomic E-state index is 0.321. The first-order chi connectivity index (χ1) is 11.7. The van der Waals surface area contributed by atoms with E-state index in [0.29, 0.717) is 35.1 Å². The largest absolute Gasteiger partial charge is 0.479 e. The number of fused-ring (bicyclic) bond motifs is 2. The summed E-state index contributed by atoms with van der Waals surface area (Å²) >= 11 is 0. The van der Waals surface area contributed by atoms with E-state index in [1.807, 2.05) is 24.3 Å². The molecule has 0 radical (unpaired) electrons. The second-order valence-corrected chi connectivity index (χ2v) is 5.63. The summed E-state index contributed by atoms with van der Waals surface area (Å²) in [6.45, 7) is 0.321. The Morgan fingerprint density at radius 2 is 2.04 bits per heavy atom. The molecular formula is C17H14N4O3. The lowest BCUT2D eigenvalue weighted by Gasteiger charge is -2.32.